The maximum atomic E-state index is 9.06. The van der Waals surface area contributed by atoms with Gasteiger partial charge < -0.3 is 14.2 Å². The second-order valence-corrected chi connectivity index (χ2v) is 7.01. The van der Waals surface area contributed by atoms with Crippen LogP contribution < -0.4 is 0 Å². The Labute approximate surface area is 166 Å². The summed E-state index contributed by atoms with van der Waals surface area (Å²) in [7, 11) is 0. The molecule has 2 aromatic rings. The Morgan fingerprint density at radius 3 is 1.96 bits per heavy atom. The predicted molar refractivity (Wildman–Crippen MR) is 108 cm³/mol. The highest BCUT2D eigenvalue weighted by Crippen LogP contribution is 2.31. The zero-order valence-corrected chi connectivity index (χ0v) is 16.3. The average molecular weight is 381 g/mol. The smallest absolute Gasteiger partial charge is 0.111 e. The van der Waals surface area contributed by atoms with Crippen LogP contribution in [0.1, 0.15) is 31.4 Å². The fraction of sp³-hybridized carbons (Fsp3) is 0.455. The molecule has 0 aliphatic carbocycles. The summed E-state index contributed by atoms with van der Waals surface area (Å²) in [6.07, 6.45) is -0.269. The Balaban J connectivity index is 1.79. The molecule has 1 aliphatic heterocycles. The van der Waals surface area contributed by atoms with Crippen molar-refractivity contribution in [2.24, 2.45) is 5.11 Å². The molecular formula is C22H27N3O3. The van der Waals surface area contributed by atoms with E-state index < -0.39 is 6.04 Å². The van der Waals surface area contributed by atoms with Gasteiger partial charge >= 0.3 is 0 Å². The normalized spacial score (nSPS) is 27.1. The molecule has 3 unspecified atom stereocenters. The second kappa shape index (κ2) is 10.2. The Morgan fingerprint density at radius 2 is 1.46 bits per heavy atom. The summed E-state index contributed by atoms with van der Waals surface area (Å²) in [5.41, 5.74) is 11.2. The monoisotopic (exact) mass is 381 g/mol. The SMILES string of the molecule is CCC1OC(C)C(N=[N+]=[N-])[C@H](OCc2ccccc2)[C@H]1OCc1ccccc1. The van der Waals surface area contributed by atoms with E-state index in [9.17, 15) is 0 Å². The number of hydrogen-bond donors (Lipinski definition) is 0. The minimum absolute atomic E-state index is 0.121. The third kappa shape index (κ3) is 5.12. The molecule has 0 saturated carbocycles. The van der Waals surface area contributed by atoms with Crippen molar-refractivity contribution in [2.75, 3.05) is 0 Å². The molecule has 1 fully saturated rings. The van der Waals surface area contributed by atoms with Crippen LogP contribution in [0.2, 0.25) is 0 Å². The average Bonchev–Trinajstić information content (AvgIpc) is 2.74. The highest BCUT2D eigenvalue weighted by Gasteiger charge is 2.44. The van der Waals surface area contributed by atoms with Gasteiger partial charge in [-0.2, -0.15) is 0 Å². The lowest BCUT2D eigenvalue weighted by Crippen LogP contribution is -2.57. The van der Waals surface area contributed by atoms with Gasteiger partial charge in [-0.3, -0.25) is 0 Å². The molecule has 1 saturated heterocycles. The Hall–Kier alpha value is -2.37. The van der Waals surface area contributed by atoms with Crippen LogP contribution in [-0.2, 0) is 27.4 Å². The first-order valence-corrected chi connectivity index (χ1v) is 9.73. The van der Waals surface area contributed by atoms with Gasteiger partial charge in [-0.25, -0.2) is 0 Å². The molecule has 0 bridgehead atoms. The van der Waals surface area contributed by atoms with Crippen LogP contribution in [0.3, 0.4) is 0 Å². The molecule has 2 aromatic carbocycles. The van der Waals surface area contributed by atoms with Crippen molar-refractivity contribution in [3.05, 3.63) is 82.2 Å². The number of azide groups is 1. The predicted octanol–water partition coefficient (Wildman–Crippen LogP) is 5.03. The van der Waals surface area contributed by atoms with Crippen LogP contribution in [0.25, 0.3) is 10.4 Å². The van der Waals surface area contributed by atoms with Gasteiger partial charge in [0.2, 0.25) is 0 Å². The molecule has 0 N–H and O–H groups in total. The van der Waals surface area contributed by atoms with Crippen LogP contribution in [0.5, 0.6) is 0 Å². The van der Waals surface area contributed by atoms with E-state index in [1.807, 2.05) is 67.6 Å². The third-order valence-corrected chi connectivity index (χ3v) is 5.06. The van der Waals surface area contributed by atoms with Gasteiger partial charge in [-0.1, -0.05) is 72.7 Å². The Bertz CT molecular complexity index is 765. The van der Waals surface area contributed by atoms with Gasteiger partial charge in [-0.15, -0.1) is 0 Å². The second-order valence-electron chi connectivity index (χ2n) is 7.01. The van der Waals surface area contributed by atoms with Crippen LogP contribution >= 0.6 is 0 Å². The van der Waals surface area contributed by atoms with Crippen molar-refractivity contribution in [1.82, 2.24) is 0 Å². The van der Waals surface area contributed by atoms with E-state index >= 15 is 0 Å². The molecule has 5 atom stereocenters. The summed E-state index contributed by atoms with van der Waals surface area (Å²) in [4.78, 5) is 3.03. The lowest BCUT2D eigenvalue weighted by molar-refractivity contribution is -0.212. The maximum absolute atomic E-state index is 9.06. The standard InChI is InChI=1S/C22H27N3O3/c1-3-19-21(26-14-17-10-6-4-7-11-17)22(20(24-25-23)16(2)28-19)27-15-18-12-8-5-9-13-18/h4-13,16,19-22H,3,14-15H2,1-2H3/t16?,19?,20?,21-,22-/m0/s1. The van der Waals surface area contributed by atoms with E-state index in [1.165, 1.54) is 0 Å². The molecule has 6 nitrogen and oxygen atoms in total. The van der Waals surface area contributed by atoms with E-state index in [-0.39, 0.29) is 24.4 Å². The topological polar surface area (TPSA) is 76.5 Å². The minimum atomic E-state index is -0.447. The van der Waals surface area contributed by atoms with E-state index in [0.717, 1.165) is 17.5 Å². The molecule has 0 amide bonds. The minimum Gasteiger partial charge on any atom is -0.372 e. The van der Waals surface area contributed by atoms with E-state index in [4.69, 9.17) is 19.7 Å². The lowest BCUT2D eigenvalue weighted by Gasteiger charge is -2.44. The highest BCUT2D eigenvalue weighted by molar-refractivity contribution is 5.14. The molecule has 28 heavy (non-hydrogen) atoms. The summed E-state index contributed by atoms with van der Waals surface area (Å²) < 4.78 is 18.6. The third-order valence-electron chi connectivity index (χ3n) is 5.06. The van der Waals surface area contributed by atoms with E-state index in [1.54, 1.807) is 0 Å². The Morgan fingerprint density at radius 1 is 0.929 bits per heavy atom. The molecule has 0 radical (unpaired) electrons. The fourth-order valence-corrected chi connectivity index (χ4v) is 3.58. The Kier molecular flexibility index (Phi) is 7.46. The highest BCUT2D eigenvalue weighted by atomic mass is 16.6. The molecule has 148 valence electrons. The van der Waals surface area contributed by atoms with Gasteiger partial charge in [0, 0.05) is 4.91 Å². The zero-order valence-electron chi connectivity index (χ0n) is 16.3. The number of ether oxygens (including phenoxy) is 3. The van der Waals surface area contributed by atoms with Crippen LogP contribution in [0.15, 0.2) is 65.8 Å². The number of benzene rings is 2. The number of nitrogens with zero attached hydrogens (tertiary/aromatic N) is 3. The molecule has 6 heteroatoms. The first-order valence-electron chi connectivity index (χ1n) is 9.73. The molecule has 0 aromatic heterocycles. The van der Waals surface area contributed by atoms with Gasteiger partial charge in [0.25, 0.3) is 0 Å². The molecular weight excluding hydrogens is 354 g/mol. The van der Waals surface area contributed by atoms with Gasteiger partial charge in [0.1, 0.15) is 6.10 Å². The first kappa shape index (κ1) is 20.4. The van der Waals surface area contributed by atoms with Gasteiger partial charge in [-0.05, 0) is 30.0 Å². The number of hydrogen-bond acceptors (Lipinski definition) is 4. The summed E-state index contributed by atoms with van der Waals surface area (Å²) in [5, 5.41) is 3.98. The summed E-state index contributed by atoms with van der Waals surface area (Å²) in [6, 6.07) is 19.5. The maximum Gasteiger partial charge on any atom is 0.111 e. The van der Waals surface area contributed by atoms with Crippen molar-refractivity contribution < 1.29 is 14.2 Å². The quantitative estimate of drug-likeness (QED) is 0.365. The van der Waals surface area contributed by atoms with Gasteiger partial charge in [0.05, 0.1) is 37.6 Å². The van der Waals surface area contributed by atoms with Crippen molar-refractivity contribution in [3.8, 4) is 0 Å². The first-order chi connectivity index (χ1) is 13.7. The van der Waals surface area contributed by atoms with E-state index in [2.05, 4.69) is 16.9 Å². The van der Waals surface area contributed by atoms with Crippen molar-refractivity contribution in [3.63, 3.8) is 0 Å². The zero-order chi connectivity index (χ0) is 19.8. The summed E-state index contributed by atoms with van der Waals surface area (Å²) in [5.74, 6) is 0. The summed E-state index contributed by atoms with van der Waals surface area (Å²) in [6.45, 7) is 4.87. The van der Waals surface area contributed by atoms with Gasteiger partial charge in [0.15, 0.2) is 0 Å². The van der Waals surface area contributed by atoms with Crippen molar-refractivity contribution >= 4 is 0 Å². The van der Waals surface area contributed by atoms with Crippen LogP contribution in [0, 0.1) is 0 Å². The van der Waals surface area contributed by atoms with E-state index in [0.29, 0.717) is 13.2 Å². The molecule has 3 rings (SSSR count). The molecule has 1 heterocycles. The van der Waals surface area contributed by atoms with Crippen molar-refractivity contribution in [2.45, 2.75) is 63.9 Å². The van der Waals surface area contributed by atoms with Crippen molar-refractivity contribution in [1.29, 1.82) is 0 Å². The lowest BCUT2D eigenvalue weighted by atomic mass is 9.92. The molecule has 0 spiro atoms. The largest absolute Gasteiger partial charge is 0.372 e. The van der Waals surface area contributed by atoms with Crippen LogP contribution in [-0.4, -0.2) is 30.5 Å². The fourth-order valence-electron chi connectivity index (χ4n) is 3.58. The van der Waals surface area contributed by atoms with Crippen LogP contribution in [0.4, 0.5) is 0 Å². The number of rotatable bonds is 8. The molecule has 1 aliphatic rings. The summed E-state index contributed by atoms with van der Waals surface area (Å²) >= 11 is 0.